The van der Waals surface area contributed by atoms with Gasteiger partial charge >= 0.3 is 11.9 Å². The summed E-state index contributed by atoms with van der Waals surface area (Å²) in [5.41, 5.74) is 1.06. The third-order valence-electron chi connectivity index (χ3n) is 3.21. The van der Waals surface area contributed by atoms with Crippen molar-refractivity contribution < 1.29 is 29.3 Å². The van der Waals surface area contributed by atoms with Crippen molar-refractivity contribution in [2.75, 3.05) is 7.11 Å². The SMILES string of the molecule is COc1cc(C=C(C)C(=O)O)ccc1OC(=O)c1ccc(O)cc1. The molecule has 24 heavy (non-hydrogen) atoms. The zero-order valence-electron chi connectivity index (χ0n) is 13.1. The predicted molar refractivity (Wildman–Crippen MR) is 87.3 cm³/mol. The first-order valence-electron chi connectivity index (χ1n) is 7.01. The van der Waals surface area contributed by atoms with Crippen LogP contribution in [-0.2, 0) is 4.79 Å². The number of aromatic hydroxyl groups is 1. The van der Waals surface area contributed by atoms with Gasteiger partial charge in [-0.15, -0.1) is 0 Å². The number of hydrogen-bond acceptors (Lipinski definition) is 5. The first-order valence-corrected chi connectivity index (χ1v) is 7.01. The van der Waals surface area contributed by atoms with E-state index < -0.39 is 11.9 Å². The van der Waals surface area contributed by atoms with Gasteiger partial charge in [0.1, 0.15) is 5.75 Å². The minimum absolute atomic E-state index is 0.0501. The van der Waals surface area contributed by atoms with Crippen molar-refractivity contribution in [2.45, 2.75) is 6.92 Å². The number of benzene rings is 2. The average molecular weight is 328 g/mol. The fourth-order valence-electron chi connectivity index (χ4n) is 1.93. The molecule has 2 rings (SSSR count). The van der Waals surface area contributed by atoms with E-state index in [0.29, 0.717) is 11.3 Å². The number of carbonyl (C=O) groups is 2. The van der Waals surface area contributed by atoms with Crippen LogP contribution in [0.3, 0.4) is 0 Å². The Morgan fingerprint density at radius 1 is 1.04 bits per heavy atom. The van der Waals surface area contributed by atoms with Gasteiger partial charge in [0.05, 0.1) is 12.7 Å². The Bertz CT molecular complexity index is 790. The Labute approximate surface area is 138 Å². The van der Waals surface area contributed by atoms with E-state index in [9.17, 15) is 14.7 Å². The van der Waals surface area contributed by atoms with Crippen molar-refractivity contribution in [1.82, 2.24) is 0 Å². The number of phenolic OH excluding ortho intramolecular Hbond substituents is 1. The maximum absolute atomic E-state index is 12.1. The van der Waals surface area contributed by atoms with E-state index in [0.717, 1.165) is 0 Å². The highest BCUT2D eigenvalue weighted by atomic mass is 16.6. The number of rotatable bonds is 5. The van der Waals surface area contributed by atoms with Crippen molar-refractivity contribution in [3.8, 4) is 17.2 Å². The normalized spacial score (nSPS) is 11.0. The summed E-state index contributed by atoms with van der Waals surface area (Å²) in [6, 6.07) is 10.4. The lowest BCUT2D eigenvalue weighted by molar-refractivity contribution is -0.132. The Balaban J connectivity index is 2.24. The molecule has 124 valence electrons. The molecule has 0 aromatic heterocycles. The van der Waals surface area contributed by atoms with E-state index >= 15 is 0 Å². The van der Waals surface area contributed by atoms with Crippen molar-refractivity contribution in [3.63, 3.8) is 0 Å². The maximum Gasteiger partial charge on any atom is 0.343 e. The van der Waals surface area contributed by atoms with Crippen LogP contribution in [0.1, 0.15) is 22.8 Å². The lowest BCUT2D eigenvalue weighted by atomic mass is 10.1. The summed E-state index contributed by atoms with van der Waals surface area (Å²) in [6.45, 7) is 1.48. The number of carboxylic acid groups (broad SMARTS) is 1. The van der Waals surface area contributed by atoms with Crippen LogP contribution in [0.5, 0.6) is 17.2 Å². The zero-order valence-corrected chi connectivity index (χ0v) is 13.1. The molecule has 0 bridgehead atoms. The Morgan fingerprint density at radius 2 is 1.71 bits per heavy atom. The molecule has 6 nitrogen and oxygen atoms in total. The Morgan fingerprint density at radius 3 is 2.29 bits per heavy atom. The van der Waals surface area contributed by atoms with Gasteiger partial charge in [-0.05, 0) is 55.0 Å². The van der Waals surface area contributed by atoms with Crippen LogP contribution in [0.15, 0.2) is 48.0 Å². The highest BCUT2D eigenvalue weighted by Crippen LogP contribution is 2.29. The number of esters is 1. The number of hydrogen-bond donors (Lipinski definition) is 2. The van der Waals surface area contributed by atoms with E-state index in [2.05, 4.69) is 0 Å². The number of ether oxygens (including phenoxy) is 2. The van der Waals surface area contributed by atoms with E-state index in [1.54, 1.807) is 12.1 Å². The molecular formula is C18H16O6. The topological polar surface area (TPSA) is 93.1 Å². The molecule has 0 aliphatic heterocycles. The lowest BCUT2D eigenvalue weighted by Crippen LogP contribution is -2.09. The molecule has 0 saturated carbocycles. The lowest BCUT2D eigenvalue weighted by Gasteiger charge is -2.10. The first kappa shape index (κ1) is 17.1. The molecule has 0 spiro atoms. The average Bonchev–Trinajstić information content (AvgIpc) is 2.56. The molecule has 6 heteroatoms. The summed E-state index contributed by atoms with van der Waals surface area (Å²) >= 11 is 0. The van der Waals surface area contributed by atoms with Crippen LogP contribution < -0.4 is 9.47 Å². The molecule has 0 fully saturated rings. The summed E-state index contributed by atoms with van der Waals surface area (Å²) in [6.07, 6.45) is 1.48. The second kappa shape index (κ2) is 7.32. The van der Waals surface area contributed by atoms with Gasteiger partial charge in [-0.25, -0.2) is 9.59 Å². The minimum Gasteiger partial charge on any atom is -0.508 e. The molecule has 0 amide bonds. The van der Waals surface area contributed by atoms with Gasteiger partial charge < -0.3 is 19.7 Å². The van der Waals surface area contributed by atoms with E-state index in [1.165, 1.54) is 50.4 Å². The standard InChI is InChI=1S/C18H16O6/c1-11(17(20)21)9-12-3-8-15(16(10-12)23-2)24-18(22)13-4-6-14(19)7-5-13/h3-10,19H,1-2H3,(H,20,21). The summed E-state index contributed by atoms with van der Waals surface area (Å²) < 4.78 is 10.5. The number of carbonyl (C=O) groups excluding carboxylic acids is 1. The molecule has 2 aromatic carbocycles. The number of methoxy groups -OCH3 is 1. The zero-order chi connectivity index (χ0) is 17.7. The highest BCUT2D eigenvalue weighted by molar-refractivity contribution is 5.92. The number of aliphatic carboxylic acids is 1. The van der Waals surface area contributed by atoms with Crippen molar-refractivity contribution in [1.29, 1.82) is 0 Å². The highest BCUT2D eigenvalue weighted by Gasteiger charge is 2.13. The minimum atomic E-state index is -1.02. The van der Waals surface area contributed by atoms with Crippen LogP contribution >= 0.6 is 0 Å². The molecule has 0 aliphatic rings. The molecule has 2 aromatic rings. The molecule has 0 saturated heterocycles. The van der Waals surface area contributed by atoms with Gasteiger partial charge in [0.15, 0.2) is 11.5 Å². The van der Waals surface area contributed by atoms with Gasteiger partial charge in [0.25, 0.3) is 0 Å². The fraction of sp³-hybridized carbons (Fsp3) is 0.111. The quantitative estimate of drug-likeness (QED) is 0.498. The smallest absolute Gasteiger partial charge is 0.343 e. The van der Waals surface area contributed by atoms with E-state index in [1.807, 2.05) is 0 Å². The van der Waals surface area contributed by atoms with Crippen molar-refractivity contribution in [3.05, 3.63) is 59.2 Å². The van der Waals surface area contributed by atoms with E-state index in [4.69, 9.17) is 14.6 Å². The molecule has 0 unspecified atom stereocenters. The summed E-state index contributed by atoms with van der Waals surface area (Å²) in [5.74, 6) is -1.06. The van der Waals surface area contributed by atoms with Crippen LogP contribution in [0, 0.1) is 0 Å². The van der Waals surface area contributed by atoms with Crippen LogP contribution in [-0.4, -0.2) is 29.3 Å². The van der Waals surface area contributed by atoms with Gasteiger partial charge in [-0.1, -0.05) is 6.07 Å². The molecule has 2 N–H and O–H groups in total. The Kier molecular flexibility index (Phi) is 5.21. The van der Waals surface area contributed by atoms with Crippen LogP contribution in [0.25, 0.3) is 6.08 Å². The van der Waals surface area contributed by atoms with Gasteiger partial charge in [0.2, 0.25) is 0 Å². The first-order chi connectivity index (χ1) is 11.4. The molecule has 0 heterocycles. The number of carboxylic acids is 1. The van der Waals surface area contributed by atoms with Crippen molar-refractivity contribution >= 4 is 18.0 Å². The predicted octanol–water partition coefficient (Wildman–Crippen LogP) is 3.11. The van der Waals surface area contributed by atoms with Crippen molar-refractivity contribution in [2.24, 2.45) is 0 Å². The van der Waals surface area contributed by atoms with Gasteiger partial charge in [-0.2, -0.15) is 0 Å². The third-order valence-corrected chi connectivity index (χ3v) is 3.21. The van der Waals surface area contributed by atoms with Gasteiger partial charge in [-0.3, -0.25) is 0 Å². The van der Waals surface area contributed by atoms with E-state index in [-0.39, 0.29) is 22.6 Å². The summed E-state index contributed by atoms with van der Waals surface area (Å²) in [4.78, 5) is 23.0. The molecule has 0 radical (unpaired) electrons. The number of phenols is 1. The Hall–Kier alpha value is -3.28. The largest absolute Gasteiger partial charge is 0.508 e. The molecule has 0 aliphatic carbocycles. The second-order valence-corrected chi connectivity index (χ2v) is 4.98. The third kappa shape index (κ3) is 4.13. The maximum atomic E-state index is 12.1. The van der Waals surface area contributed by atoms with Crippen LogP contribution in [0.2, 0.25) is 0 Å². The van der Waals surface area contributed by atoms with Crippen LogP contribution in [0.4, 0.5) is 0 Å². The summed E-state index contributed by atoms with van der Waals surface area (Å²) in [7, 11) is 1.42. The molecule has 0 atom stereocenters. The fourth-order valence-corrected chi connectivity index (χ4v) is 1.93. The summed E-state index contributed by atoms with van der Waals surface area (Å²) in [5, 5.41) is 18.1. The second-order valence-electron chi connectivity index (χ2n) is 4.98. The molecular weight excluding hydrogens is 312 g/mol. The van der Waals surface area contributed by atoms with Gasteiger partial charge in [0, 0.05) is 5.57 Å². The monoisotopic (exact) mass is 328 g/mol.